The van der Waals surface area contributed by atoms with Crippen LogP contribution in [0.5, 0.6) is 0 Å². The van der Waals surface area contributed by atoms with Crippen LogP contribution in [-0.4, -0.2) is 47.1 Å². The molecule has 0 heterocycles. The van der Waals surface area contributed by atoms with Gasteiger partial charge in [-0.15, -0.1) is 0 Å². The molecule has 6 nitrogen and oxygen atoms in total. The normalized spacial score (nSPS) is 33.4. The number of hydrogen-bond acceptors (Lipinski definition) is 5. The predicted molar refractivity (Wildman–Crippen MR) is 98.4 cm³/mol. The zero-order valence-corrected chi connectivity index (χ0v) is 16.4. The molecule has 0 bridgehead atoms. The summed E-state index contributed by atoms with van der Waals surface area (Å²) in [5.74, 6) is 0.244. The van der Waals surface area contributed by atoms with Crippen LogP contribution in [0.25, 0.3) is 0 Å². The van der Waals surface area contributed by atoms with Crippen LogP contribution in [0, 0.1) is 35.5 Å². The Bertz CT molecular complexity index is 438. The molecule has 6 heteroatoms. The van der Waals surface area contributed by atoms with Gasteiger partial charge in [-0.05, 0) is 56.3 Å². The lowest BCUT2D eigenvalue weighted by Gasteiger charge is -2.15. The van der Waals surface area contributed by atoms with E-state index in [9.17, 15) is 9.59 Å². The van der Waals surface area contributed by atoms with E-state index in [1.165, 1.54) is 0 Å². The van der Waals surface area contributed by atoms with Crippen molar-refractivity contribution in [2.24, 2.45) is 35.5 Å². The maximum Gasteiger partial charge on any atom is 0.309 e. The fraction of sp³-hybridized carbons (Fsp3) is 0.900. The number of carbonyl (C=O) groups excluding carboxylic acids is 1. The van der Waals surface area contributed by atoms with E-state index in [-0.39, 0.29) is 42.9 Å². The smallest absolute Gasteiger partial charge is 0.309 e. The largest absolute Gasteiger partial charge is 0.481 e. The molecule has 0 aliphatic heterocycles. The quantitative estimate of drug-likeness (QED) is 0.594. The molecule has 152 valence electrons. The summed E-state index contributed by atoms with van der Waals surface area (Å²) in [7, 11) is 0. The van der Waals surface area contributed by atoms with E-state index >= 15 is 0 Å². The molecule has 0 radical (unpaired) electrons. The zero-order chi connectivity index (χ0) is 19.7. The average Bonchev–Trinajstić information content (AvgIpc) is 3.26. The van der Waals surface area contributed by atoms with Crippen LogP contribution in [0.2, 0.25) is 0 Å². The van der Waals surface area contributed by atoms with E-state index in [1.807, 2.05) is 13.8 Å². The van der Waals surface area contributed by atoms with Gasteiger partial charge in [0.25, 0.3) is 0 Å². The molecule has 0 saturated heterocycles. The van der Waals surface area contributed by atoms with Crippen LogP contribution in [0.15, 0.2) is 0 Å². The molecule has 2 rings (SSSR count). The molecule has 2 saturated carbocycles. The number of carbonyl (C=O) groups is 2. The van der Waals surface area contributed by atoms with Crippen LogP contribution in [-0.2, 0) is 14.3 Å². The van der Waals surface area contributed by atoms with E-state index in [1.54, 1.807) is 0 Å². The van der Waals surface area contributed by atoms with Gasteiger partial charge < -0.3 is 20.1 Å². The van der Waals surface area contributed by atoms with Crippen LogP contribution in [0.1, 0.15) is 59.3 Å². The Morgan fingerprint density at radius 3 is 1.65 bits per heavy atom. The Kier molecular flexibility index (Phi) is 10.2. The van der Waals surface area contributed by atoms with Crippen molar-refractivity contribution in [3.05, 3.63) is 0 Å². The molecule has 0 aromatic rings. The van der Waals surface area contributed by atoms with Gasteiger partial charge in [0.1, 0.15) is 0 Å². The van der Waals surface area contributed by atoms with Gasteiger partial charge in [0.15, 0.2) is 0 Å². The summed E-state index contributed by atoms with van der Waals surface area (Å²) >= 11 is 0. The highest BCUT2D eigenvalue weighted by molar-refractivity contribution is 5.73. The molecule has 2 fully saturated rings. The molecule has 0 aromatic carbocycles. The topological polar surface area (TPSA) is 104 Å². The zero-order valence-electron chi connectivity index (χ0n) is 16.4. The van der Waals surface area contributed by atoms with E-state index < -0.39 is 5.97 Å². The molecule has 2 aliphatic rings. The average molecular weight is 373 g/mol. The maximum absolute atomic E-state index is 11.6. The maximum atomic E-state index is 11.6. The summed E-state index contributed by atoms with van der Waals surface area (Å²) < 4.78 is 5.03. The van der Waals surface area contributed by atoms with Crippen molar-refractivity contribution in [3.8, 4) is 0 Å². The van der Waals surface area contributed by atoms with Gasteiger partial charge in [-0.2, -0.15) is 0 Å². The SMILES string of the molecule is CCC1CC(CO)CC1C(=O)O.CCOC(=O)C1CC(CO)CC1CC. The summed E-state index contributed by atoms with van der Waals surface area (Å²) in [6.07, 6.45) is 5.21. The number of carboxylic acids is 1. The van der Waals surface area contributed by atoms with Crippen LogP contribution >= 0.6 is 0 Å². The lowest BCUT2D eigenvalue weighted by molar-refractivity contribution is -0.149. The van der Waals surface area contributed by atoms with Gasteiger partial charge >= 0.3 is 11.9 Å². The molecule has 6 unspecified atom stereocenters. The molecule has 3 N–H and O–H groups in total. The number of aliphatic carboxylic acids is 1. The molecule has 0 amide bonds. The summed E-state index contributed by atoms with van der Waals surface area (Å²) in [6.45, 7) is 6.73. The van der Waals surface area contributed by atoms with E-state index in [2.05, 4.69) is 6.92 Å². The molecular weight excluding hydrogens is 336 g/mol. The van der Waals surface area contributed by atoms with Crippen molar-refractivity contribution in [2.75, 3.05) is 19.8 Å². The first-order valence-corrected chi connectivity index (χ1v) is 10.0. The summed E-state index contributed by atoms with van der Waals surface area (Å²) in [5.41, 5.74) is 0. The molecule has 26 heavy (non-hydrogen) atoms. The Morgan fingerprint density at radius 1 is 0.846 bits per heavy atom. The third-order valence-corrected chi connectivity index (χ3v) is 6.06. The van der Waals surface area contributed by atoms with Gasteiger partial charge in [-0.3, -0.25) is 9.59 Å². The van der Waals surface area contributed by atoms with Gasteiger partial charge in [0.05, 0.1) is 18.4 Å². The highest BCUT2D eigenvalue weighted by atomic mass is 16.5. The lowest BCUT2D eigenvalue weighted by Crippen LogP contribution is -2.21. The molecule has 0 aromatic heterocycles. The standard InChI is InChI=1S/C11H20O3.C9H16O3/c1-3-9-5-8(7-12)6-10(9)11(13)14-4-2;1-2-7-3-6(5-10)4-8(7)9(11)12/h8-10,12H,3-7H2,1-2H3;6-8,10H,2-5H2,1H3,(H,11,12). The van der Waals surface area contributed by atoms with Crippen LogP contribution in [0.4, 0.5) is 0 Å². The number of ether oxygens (including phenoxy) is 1. The highest BCUT2D eigenvalue weighted by Gasteiger charge is 2.38. The second-order valence-corrected chi connectivity index (χ2v) is 7.68. The monoisotopic (exact) mass is 372 g/mol. The van der Waals surface area contributed by atoms with Crippen molar-refractivity contribution in [1.82, 2.24) is 0 Å². The third kappa shape index (κ3) is 6.23. The number of esters is 1. The fourth-order valence-electron chi connectivity index (χ4n) is 4.52. The summed E-state index contributed by atoms with van der Waals surface area (Å²) in [6, 6.07) is 0. The third-order valence-electron chi connectivity index (χ3n) is 6.06. The Morgan fingerprint density at radius 2 is 1.31 bits per heavy atom. The predicted octanol–water partition coefficient (Wildman–Crippen LogP) is 2.71. The van der Waals surface area contributed by atoms with E-state index in [4.69, 9.17) is 20.1 Å². The van der Waals surface area contributed by atoms with Crippen LogP contribution in [0.3, 0.4) is 0 Å². The fourth-order valence-corrected chi connectivity index (χ4v) is 4.52. The van der Waals surface area contributed by atoms with Crippen molar-refractivity contribution in [2.45, 2.75) is 59.3 Å². The summed E-state index contributed by atoms with van der Waals surface area (Å²) in [5, 5.41) is 26.8. The Labute approximate surface area is 156 Å². The first kappa shape index (κ1) is 22.9. The minimum absolute atomic E-state index is 0.0251. The van der Waals surface area contributed by atoms with Crippen molar-refractivity contribution >= 4 is 11.9 Å². The number of hydrogen-bond donors (Lipinski definition) is 3. The lowest BCUT2D eigenvalue weighted by atomic mass is 9.94. The number of aliphatic hydroxyl groups is 2. The van der Waals surface area contributed by atoms with E-state index in [0.29, 0.717) is 24.9 Å². The first-order chi connectivity index (χ1) is 12.4. The molecule has 0 spiro atoms. The highest BCUT2D eigenvalue weighted by Crippen LogP contribution is 2.39. The van der Waals surface area contributed by atoms with Gasteiger partial charge in [-0.1, -0.05) is 26.7 Å². The summed E-state index contributed by atoms with van der Waals surface area (Å²) in [4.78, 5) is 22.3. The molecule has 2 aliphatic carbocycles. The van der Waals surface area contributed by atoms with E-state index in [0.717, 1.165) is 32.1 Å². The Balaban J connectivity index is 0.000000263. The first-order valence-electron chi connectivity index (χ1n) is 10.0. The molecular formula is C20H36O6. The van der Waals surface area contributed by atoms with Crippen LogP contribution < -0.4 is 0 Å². The number of aliphatic hydroxyl groups excluding tert-OH is 2. The van der Waals surface area contributed by atoms with Crippen molar-refractivity contribution in [3.63, 3.8) is 0 Å². The molecule has 6 atom stereocenters. The second kappa shape index (κ2) is 11.5. The number of rotatable bonds is 7. The van der Waals surface area contributed by atoms with Gasteiger partial charge in [0, 0.05) is 13.2 Å². The minimum Gasteiger partial charge on any atom is -0.481 e. The van der Waals surface area contributed by atoms with Crippen molar-refractivity contribution < 1.29 is 29.6 Å². The van der Waals surface area contributed by atoms with Gasteiger partial charge in [0.2, 0.25) is 0 Å². The number of carboxylic acid groups (broad SMARTS) is 1. The minimum atomic E-state index is -0.696. The Hall–Kier alpha value is -1.14. The van der Waals surface area contributed by atoms with Gasteiger partial charge in [-0.25, -0.2) is 0 Å². The van der Waals surface area contributed by atoms with Crippen molar-refractivity contribution in [1.29, 1.82) is 0 Å². The second-order valence-electron chi connectivity index (χ2n) is 7.68.